The van der Waals surface area contributed by atoms with Crippen LogP contribution in [0.4, 0.5) is 0 Å². The quantitative estimate of drug-likeness (QED) is 0.518. The van der Waals surface area contributed by atoms with E-state index >= 15 is 0 Å². The van der Waals surface area contributed by atoms with E-state index in [1.807, 2.05) is 7.11 Å². The van der Waals surface area contributed by atoms with Gasteiger partial charge in [0.15, 0.2) is 0 Å². The third kappa shape index (κ3) is 2.30. The smallest absolute Gasteiger partial charge is 0.136 e. The molecule has 0 aromatic heterocycles. The molecule has 0 heterocycles. The fourth-order valence-electron chi connectivity index (χ4n) is 6.96. The zero-order valence-corrected chi connectivity index (χ0v) is 15.7. The van der Waals surface area contributed by atoms with E-state index in [2.05, 4.69) is 26.0 Å². The number of Topliss-reactive ketones (excluding diaryl/α,β-unsaturated/α-hetero) is 1. The van der Waals surface area contributed by atoms with Gasteiger partial charge in [-0.1, -0.05) is 31.1 Å². The summed E-state index contributed by atoms with van der Waals surface area (Å²) in [7, 11) is 1.85. The molecule has 0 aromatic rings. The summed E-state index contributed by atoms with van der Waals surface area (Å²) in [6.45, 7) is 4.75. The first-order valence-corrected chi connectivity index (χ1v) is 9.77. The first kappa shape index (κ1) is 17.0. The molecule has 134 valence electrons. The summed E-state index contributed by atoms with van der Waals surface area (Å²) in [6, 6.07) is 2.28. The molecule has 4 aliphatic carbocycles. The number of ether oxygens (including phenoxy) is 1. The van der Waals surface area contributed by atoms with Crippen LogP contribution in [0.5, 0.6) is 0 Å². The normalized spacial score (nSPS) is 47.5. The number of hydrogen-bond donors (Lipinski definition) is 0. The number of hydrogen-bond acceptors (Lipinski definition) is 3. The number of rotatable bonds is 1. The molecule has 3 nitrogen and oxygen atoms in total. The van der Waals surface area contributed by atoms with Crippen molar-refractivity contribution < 1.29 is 9.53 Å². The van der Waals surface area contributed by atoms with Crippen LogP contribution >= 0.6 is 0 Å². The van der Waals surface area contributed by atoms with E-state index in [4.69, 9.17) is 4.74 Å². The van der Waals surface area contributed by atoms with Gasteiger partial charge in [0.05, 0.1) is 12.2 Å². The number of methoxy groups -OCH3 is 1. The van der Waals surface area contributed by atoms with Crippen molar-refractivity contribution in [2.45, 2.75) is 64.9 Å². The summed E-state index contributed by atoms with van der Waals surface area (Å²) >= 11 is 0. The monoisotopic (exact) mass is 339 g/mol. The predicted molar refractivity (Wildman–Crippen MR) is 96.6 cm³/mol. The Labute approximate surface area is 151 Å². The molecule has 0 aliphatic heterocycles. The van der Waals surface area contributed by atoms with E-state index in [1.54, 1.807) is 6.08 Å². The second-order valence-electron chi connectivity index (χ2n) is 9.13. The molecule has 0 N–H and O–H groups in total. The van der Waals surface area contributed by atoms with Crippen LogP contribution in [0.2, 0.25) is 0 Å². The Morgan fingerprint density at radius 2 is 2.12 bits per heavy atom. The Bertz CT molecular complexity index is 699. The summed E-state index contributed by atoms with van der Waals surface area (Å²) in [5.41, 5.74) is 2.92. The molecular formula is C22H29NO2. The topological polar surface area (TPSA) is 50.1 Å². The molecule has 0 amide bonds. The maximum Gasteiger partial charge on any atom is 0.136 e. The molecule has 0 unspecified atom stereocenters. The fourth-order valence-corrected chi connectivity index (χ4v) is 6.96. The molecule has 3 saturated carbocycles. The van der Waals surface area contributed by atoms with Crippen molar-refractivity contribution in [1.29, 1.82) is 5.26 Å². The summed E-state index contributed by atoms with van der Waals surface area (Å²) in [5.74, 6) is 2.15. The van der Waals surface area contributed by atoms with Gasteiger partial charge in [0, 0.05) is 26.0 Å². The lowest BCUT2D eigenvalue weighted by molar-refractivity contribution is -0.131. The van der Waals surface area contributed by atoms with Crippen molar-refractivity contribution in [3.63, 3.8) is 0 Å². The molecule has 25 heavy (non-hydrogen) atoms. The third-order valence-corrected chi connectivity index (χ3v) is 8.24. The third-order valence-electron chi connectivity index (χ3n) is 8.24. The van der Waals surface area contributed by atoms with Gasteiger partial charge >= 0.3 is 0 Å². The van der Waals surface area contributed by atoms with Gasteiger partial charge in [-0.15, -0.1) is 0 Å². The predicted octanol–water partition coefficient (Wildman–Crippen LogP) is 4.59. The minimum Gasteiger partial charge on any atom is -0.381 e. The van der Waals surface area contributed by atoms with Gasteiger partial charge in [0.25, 0.3) is 0 Å². The number of nitrogens with zero attached hydrogens (tertiary/aromatic N) is 1. The van der Waals surface area contributed by atoms with Crippen molar-refractivity contribution in [3.8, 4) is 6.07 Å². The number of fused-ring (bicyclic) bond motifs is 5. The largest absolute Gasteiger partial charge is 0.381 e. The summed E-state index contributed by atoms with van der Waals surface area (Å²) < 4.78 is 6.08. The highest BCUT2D eigenvalue weighted by Gasteiger charge is 2.60. The summed E-state index contributed by atoms with van der Waals surface area (Å²) in [5, 5.41) is 9.21. The Morgan fingerprint density at radius 3 is 2.84 bits per heavy atom. The lowest BCUT2D eigenvalue weighted by Crippen LogP contribution is -2.55. The Hall–Kier alpha value is -1.40. The zero-order chi connectivity index (χ0) is 17.8. The first-order chi connectivity index (χ1) is 11.9. The molecule has 0 radical (unpaired) electrons. The van der Waals surface area contributed by atoms with Crippen molar-refractivity contribution in [2.24, 2.45) is 28.6 Å². The van der Waals surface area contributed by atoms with E-state index < -0.39 is 0 Å². The van der Waals surface area contributed by atoms with Crippen molar-refractivity contribution >= 4 is 5.78 Å². The minimum absolute atomic E-state index is 0.101. The van der Waals surface area contributed by atoms with Gasteiger partial charge in [-0.25, -0.2) is 0 Å². The standard InChI is InChI=1S/C22H29NO2/c1-21-10-8-16(24)12-15(21)4-6-17-18-7-5-14(9-11-23)22(18,2)13-19(25-3)20(17)21/h4,9,17-20H,5-8,10,12-13H2,1-3H3/b14-9-/t17-,18-,19-,20+,21-,22+/m0/s1. The molecular weight excluding hydrogens is 310 g/mol. The van der Waals surface area contributed by atoms with E-state index in [0.717, 1.165) is 32.1 Å². The van der Waals surface area contributed by atoms with Gasteiger partial charge in [-0.2, -0.15) is 5.26 Å². The van der Waals surface area contributed by atoms with Crippen LogP contribution in [-0.4, -0.2) is 19.0 Å². The van der Waals surface area contributed by atoms with Crippen LogP contribution in [0.1, 0.15) is 58.8 Å². The second kappa shape index (κ2) is 5.81. The molecule has 0 spiro atoms. The fraction of sp³-hybridized carbons (Fsp3) is 0.727. The molecule has 3 heteroatoms. The molecule has 0 saturated heterocycles. The summed E-state index contributed by atoms with van der Waals surface area (Å²) in [4.78, 5) is 12.0. The van der Waals surface area contributed by atoms with Crippen LogP contribution in [0, 0.1) is 39.9 Å². The van der Waals surface area contributed by atoms with E-state index in [1.165, 1.54) is 17.6 Å². The van der Waals surface area contributed by atoms with Crippen LogP contribution < -0.4 is 0 Å². The van der Waals surface area contributed by atoms with Crippen molar-refractivity contribution in [3.05, 3.63) is 23.3 Å². The highest BCUT2D eigenvalue weighted by atomic mass is 16.5. The lowest BCUT2D eigenvalue weighted by Gasteiger charge is -2.59. The van der Waals surface area contributed by atoms with Crippen LogP contribution in [-0.2, 0) is 9.53 Å². The number of carbonyl (C=O) groups excluding carboxylic acids is 1. The maximum atomic E-state index is 12.0. The molecule has 4 aliphatic rings. The number of carbonyl (C=O) groups is 1. The average molecular weight is 339 g/mol. The van der Waals surface area contributed by atoms with E-state index in [0.29, 0.717) is 30.0 Å². The van der Waals surface area contributed by atoms with Crippen LogP contribution in [0.3, 0.4) is 0 Å². The minimum atomic E-state index is 0.101. The SMILES string of the molecule is CO[C@H]1C[C@]2(C)/C(=C\C#N)CC[C@H]2[C@@H]2CC=C3CC(=O)CC[C@]3(C)[C@H]21. The molecule has 4 rings (SSSR count). The van der Waals surface area contributed by atoms with Gasteiger partial charge in [0.1, 0.15) is 5.78 Å². The molecule has 3 fully saturated rings. The Balaban J connectivity index is 1.77. The van der Waals surface area contributed by atoms with Gasteiger partial charge in [0.2, 0.25) is 0 Å². The average Bonchev–Trinajstić information content (AvgIpc) is 2.91. The van der Waals surface area contributed by atoms with Crippen LogP contribution in [0.15, 0.2) is 23.3 Å². The summed E-state index contributed by atoms with van der Waals surface area (Å²) in [6.07, 6.45) is 11.1. The zero-order valence-electron chi connectivity index (χ0n) is 15.7. The molecule has 6 atom stereocenters. The van der Waals surface area contributed by atoms with E-state index in [9.17, 15) is 10.1 Å². The molecule has 0 bridgehead atoms. The van der Waals surface area contributed by atoms with Crippen molar-refractivity contribution in [1.82, 2.24) is 0 Å². The molecule has 0 aromatic carbocycles. The Morgan fingerprint density at radius 1 is 1.32 bits per heavy atom. The highest BCUT2D eigenvalue weighted by molar-refractivity contribution is 5.82. The van der Waals surface area contributed by atoms with Crippen LogP contribution in [0.25, 0.3) is 0 Å². The maximum absolute atomic E-state index is 12.0. The Kier molecular flexibility index (Phi) is 3.96. The van der Waals surface area contributed by atoms with Gasteiger partial charge in [-0.3, -0.25) is 4.79 Å². The second-order valence-corrected chi connectivity index (χ2v) is 9.13. The lowest BCUT2D eigenvalue weighted by atomic mass is 9.47. The van der Waals surface area contributed by atoms with Gasteiger partial charge < -0.3 is 4.74 Å². The first-order valence-electron chi connectivity index (χ1n) is 9.77. The van der Waals surface area contributed by atoms with Crippen molar-refractivity contribution in [2.75, 3.05) is 7.11 Å². The van der Waals surface area contributed by atoms with E-state index in [-0.39, 0.29) is 16.9 Å². The van der Waals surface area contributed by atoms with Gasteiger partial charge in [-0.05, 0) is 60.7 Å². The number of allylic oxidation sites excluding steroid dienone is 4. The highest BCUT2D eigenvalue weighted by Crippen LogP contribution is 2.66. The number of ketones is 1. The number of nitriles is 1.